The lowest BCUT2D eigenvalue weighted by Crippen LogP contribution is -2.37. The first-order valence-electron chi connectivity index (χ1n) is 20.8. The van der Waals surface area contributed by atoms with E-state index in [-0.39, 0.29) is 22.7 Å². The van der Waals surface area contributed by atoms with Gasteiger partial charge in [-0.3, -0.25) is 4.57 Å². The molecule has 5 aromatic carbocycles. The van der Waals surface area contributed by atoms with Gasteiger partial charge in [0, 0.05) is 27.2 Å². The quantitative estimate of drug-likeness (QED) is 0.151. The fourth-order valence-corrected chi connectivity index (χ4v) is 9.04. The molecule has 6 nitrogen and oxygen atoms in total. The Morgan fingerprint density at radius 1 is 0.586 bits per heavy atom. The van der Waals surface area contributed by atoms with E-state index in [1.54, 1.807) is 0 Å². The number of rotatable bonds is 7. The van der Waals surface area contributed by atoms with Crippen molar-refractivity contribution in [2.75, 3.05) is 0 Å². The monoisotopic (exact) mass is 783 g/mol. The maximum absolute atomic E-state index is 6.93. The highest BCUT2D eigenvalue weighted by Crippen LogP contribution is 2.43. The Bertz CT molecular complexity index is 2780. The van der Waals surface area contributed by atoms with E-state index in [0.29, 0.717) is 5.82 Å². The standard InChI is InChI=1S/C51H57N5OSi/c1-30(2)39-27-34(32-21-24-35(25-22-32)58(11,12)13)28-40(31(3)4)44(39)56-42-20-15-14-19-41(42)52-47(56)38-18-16-17-37-36-26-23-33(29-43(36)57-45(37)38)46-53-48(50(5,6)7)55-49(54-46)51(8,9)10/h14-31H,1-13H3. The molecule has 3 heterocycles. The van der Waals surface area contributed by atoms with Crippen molar-refractivity contribution in [3.05, 3.63) is 120 Å². The number of nitrogens with zero attached hydrogens (tertiary/aromatic N) is 5. The number of imidazole rings is 1. The van der Waals surface area contributed by atoms with Gasteiger partial charge in [0.2, 0.25) is 0 Å². The molecule has 0 atom stereocenters. The van der Waals surface area contributed by atoms with Gasteiger partial charge >= 0.3 is 0 Å². The number of para-hydroxylation sites is 3. The fourth-order valence-electron chi connectivity index (χ4n) is 7.87. The molecular formula is C51H57N5OSi. The molecule has 8 aromatic rings. The van der Waals surface area contributed by atoms with Crippen LogP contribution in [-0.4, -0.2) is 32.6 Å². The van der Waals surface area contributed by atoms with Crippen LogP contribution in [0.4, 0.5) is 0 Å². The predicted molar refractivity (Wildman–Crippen MR) is 247 cm³/mol. The van der Waals surface area contributed by atoms with Crippen molar-refractivity contribution in [3.63, 3.8) is 0 Å². The summed E-state index contributed by atoms with van der Waals surface area (Å²) in [5, 5.41) is 3.56. The molecule has 0 amide bonds. The van der Waals surface area contributed by atoms with Gasteiger partial charge in [0.15, 0.2) is 5.82 Å². The van der Waals surface area contributed by atoms with Crippen molar-refractivity contribution in [2.45, 2.75) is 112 Å². The van der Waals surface area contributed by atoms with E-state index in [9.17, 15) is 0 Å². The van der Waals surface area contributed by atoms with Crippen molar-refractivity contribution in [2.24, 2.45) is 0 Å². The van der Waals surface area contributed by atoms with Crippen LogP contribution >= 0.6 is 0 Å². The van der Waals surface area contributed by atoms with Gasteiger partial charge in [-0.15, -0.1) is 0 Å². The number of hydrogen-bond donors (Lipinski definition) is 0. The van der Waals surface area contributed by atoms with Crippen LogP contribution in [0.1, 0.15) is 104 Å². The van der Waals surface area contributed by atoms with Crippen LogP contribution in [0.15, 0.2) is 101 Å². The lowest BCUT2D eigenvalue weighted by atomic mass is 9.88. The first-order valence-corrected chi connectivity index (χ1v) is 24.3. The summed E-state index contributed by atoms with van der Waals surface area (Å²) in [5.74, 6) is 3.61. The largest absolute Gasteiger partial charge is 0.455 e. The lowest BCUT2D eigenvalue weighted by molar-refractivity contribution is 0.497. The molecule has 58 heavy (non-hydrogen) atoms. The van der Waals surface area contributed by atoms with Gasteiger partial charge in [0.1, 0.15) is 28.6 Å². The molecule has 296 valence electrons. The van der Waals surface area contributed by atoms with E-state index in [4.69, 9.17) is 24.4 Å². The van der Waals surface area contributed by atoms with Crippen molar-refractivity contribution in [1.29, 1.82) is 0 Å². The smallest absolute Gasteiger partial charge is 0.163 e. The van der Waals surface area contributed by atoms with Crippen LogP contribution in [0, 0.1) is 0 Å². The molecule has 0 aliphatic heterocycles. The highest BCUT2D eigenvalue weighted by atomic mass is 28.3. The van der Waals surface area contributed by atoms with E-state index in [1.807, 2.05) is 0 Å². The number of benzene rings is 5. The molecule has 0 unspecified atom stereocenters. The Labute approximate surface area is 344 Å². The molecule has 7 heteroatoms. The van der Waals surface area contributed by atoms with E-state index in [1.165, 1.54) is 33.1 Å². The van der Waals surface area contributed by atoms with E-state index in [2.05, 4.69) is 191 Å². The molecule has 8 rings (SSSR count). The summed E-state index contributed by atoms with van der Waals surface area (Å²) in [6.45, 7) is 29.3. The molecule has 0 saturated heterocycles. The summed E-state index contributed by atoms with van der Waals surface area (Å²) in [4.78, 5) is 20.3. The highest BCUT2D eigenvalue weighted by Gasteiger charge is 2.28. The molecule has 0 spiro atoms. The third-order valence-corrected chi connectivity index (χ3v) is 13.3. The third-order valence-electron chi connectivity index (χ3n) is 11.3. The van der Waals surface area contributed by atoms with Gasteiger partial charge < -0.3 is 4.42 Å². The highest BCUT2D eigenvalue weighted by molar-refractivity contribution is 6.88. The van der Waals surface area contributed by atoms with Crippen LogP contribution in [0.3, 0.4) is 0 Å². The Morgan fingerprint density at radius 3 is 1.78 bits per heavy atom. The summed E-state index contributed by atoms with van der Waals surface area (Å²) >= 11 is 0. The normalized spacial score (nSPS) is 12.9. The Kier molecular flexibility index (Phi) is 9.62. The van der Waals surface area contributed by atoms with Gasteiger partial charge in [-0.25, -0.2) is 19.9 Å². The minimum Gasteiger partial charge on any atom is -0.455 e. The van der Waals surface area contributed by atoms with Gasteiger partial charge in [-0.05, 0) is 76.6 Å². The zero-order valence-electron chi connectivity index (χ0n) is 36.5. The molecule has 0 aliphatic rings. The minimum atomic E-state index is -1.42. The van der Waals surface area contributed by atoms with Crippen molar-refractivity contribution in [1.82, 2.24) is 24.5 Å². The van der Waals surface area contributed by atoms with Crippen LogP contribution in [0.2, 0.25) is 19.6 Å². The molecule has 0 fully saturated rings. The second-order valence-electron chi connectivity index (χ2n) is 19.7. The van der Waals surface area contributed by atoms with Crippen molar-refractivity contribution in [3.8, 4) is 39.6 Å². The third kappa shape index (κ3) is 7.08. The Hall–Kier alpha value is -5.40. The average Bonchev–Trinajstić information content (AvgIpc) is 3.74. The fraction of sp³-hybridized carbons (Fsp3) is 0.333. The van der Waals surface area contributed by atoms with Crippen molar-refractivity contribution < 1.29 is 4.42 Å². The SMILES string of the molecule is CC(C)c1cc(-c2ccc([Si](C)(C)C)cc2)cc(C(C)C)c1-n1c(-c2cccc3c2oc2cc(-c4nc(C(C)(C)C)nc(C(C)(C)C)n4)ccc23)nc2ccccc21. The van der Waals surface area contributed by atoms with Crippen LogP contribution in [0.5, 0.6) is 0 Å². The summed E-state index contributed by atoms with van der Waals surface area (Å²) in [6.07, 6.45) is 0. The number of aromatic nitrogens is 5. The predicted octanol–water partition coefficient (Wildman–Crippen LogP) is 13.5. The zero-order valence-corrected chi connectivity index (χ0v) is 37.5. The molecule has 0 aliphatic carbocycles. The van der Waals surface area contributed by atoms with Gasteiger partial charge in [-0.2, -0.15) is 0 Å². The summed E-state index contributed by atoms with van der Waals surface area (Å²) in [7, 11) is -1.42. The molecule has 0 bridgehead atoms. The molecule has 0 saturated carbocycles. The minimum absolute atomic E-state index is 0.230. The van der Waals surface area contributed by atoms with Gasteiger partial charge in [-0.1, -0.05) is 149 Å². The average molecular weight is 784 g/mol. The first-order chi connectivity index (χ1) is 27.3. The van der Waals surface area contributed by atoms with E-state index >= 15 is 0 Å². The first kappa shape index (κ1) is 39.4. The topological polar surface area (TPSA) is 69.6 Å². The lowest BCUT2D eigenvalue weighted by Gasteiger charge is -2.24. The summed E-state index contributed by atoms with van der Waals surface area (Å²) < 4.78 is 9.33. The molecule has 3 aromatic heterocycles. The van der Waals surface area contributed by atoms with Gasteiger partial charge in [0.05, 0.1) is 30.4 Å². The number of hydrogen-bond acceptors (Lipinski definition) is 5. The van der Waals surface area contributed by atoms with E-state index < -0.39 is 8.07 Å². The maximum atomic E-state index is 6.93. The Morgan fingerprint density at radius 2 is 1.19 bits per heavy atom. The van der Waals surface area contributed by atoms with Crippen molar-refractivity contribution >= 4 is 46.2 Å². The second kappa shape index (κ2) is 14.2. The van der Waals surface area contributed by atoms with Crippen LogP contribution in [0.25, 0.3) is 72.6 Å². The molecular weight excluding hydrogens is 727 g/mol. The van der Waals surface area contributed by atoms with Crippen LogP contribution < -0.4 is 5.19 Å². The number of fused-ring (bicyclic) bond motifs is 4. The maximum Gasteiger partial charge on any atom is 0.163 e. The van der Waals surface area contributed by atoms with E-state index in [0.717, 1.165) is 61.6 Å². The van der Waals surface area contributed by atoms with Crippen LogP contribution in [-0.2, 0) is 10.8 Å². The zero-order chi connectivity index (χ0) is 41.5. The summed E-state index contributed by atoms with van der Waals surface area (Å²) in [5.41, 5.74) is 11.3. The second-order valence-corrected chi connectivity index (χ2v) is 24.8. The Balaban J connectivity index is 1.34. The molecule has 0 radical (unpaired) electrons. The summed E-state index contributed by atoms with van der Waals surface area (Å²) in [6, 6.07) is 35.4. The molecule has 0 N–H and O–H groups in total. The number of furan rings is 1. The van der Waals surface area contributed by atoms with Gasteiger partial charge in [0.25, 0.3) is 0 Å².